The van der Waals surface area contributed by atoms with Crippen LogP contribution in [0.3, 0.4) is 0 Å². The molecule has 17 heavy (non-hydrogen) atoms. The third-order valence-corrected chi connectivity index (χ3v) is 2.10. The van der Waals surface area contributed by atoms with E-state index < -0.39 is 0 Å². The third-order valence-electron chi connectivity index (χ3n) is 2.10. The number of nitrogens with two attached hydrogens (primary N) is 1. The van der Waals surface area contributed by atoms with Crippen molar-refractivity contribution < 1.29 is 4.74 Å². The number of ether oxygens (including phenoxy) is 1. The average Bonchev–Trinajstić information content (AvgIpc) is 2.32. The maximum atomic E-state index is 5.56. The number of nitrogens with zero attached hydrogens (tertiary/aromatic N) is 2. The largest absolute Gasteiger partial charge is 0.492 e. The Morgan fingerprint density at radius 2 is 2.12 bits per heavy atom. The lowest BCUT2D eigenvalue weighted by Crippen LogP contribution is -2.01. The predicted molar refractivity (Wildman–Crippen MR) is 67.3 cm³/mol. The van der Waals surface area contributed by atoms with Crippen LogP contribution < -0.4 is 15.8 Å². The molecule has 0 fully saturated rings. The van der Waals surface area contributed by atoms with Crippen molar-refractivity contribution >= 4 is 17.3 Å². The Balaban J connectivity index is 2.23. The van der Waals surface area contributed by atoms with Crippen molar-refractivity contribution in [3.63, 3.8) is 0 Å². The van der Waals surface area contributed by atoms with Crippen LogP contribution in [-0.2, 0) is 0 Å². The normalized spacial score (nSPS) is 9.94. The van der Waals surface area contributed by atoms with E-state index in [-0.39, 0.29) is 0 Å². The standard InChI is InChI=1S/C12H14N4O/c1-2-17-10-6-4-3-5-9(10)15-12-8-14-7-11(13)16-12/h3-8H,2H2,1H3,(H3,13,15,16). The topological polar surface area (TPSA) is 73.1 Å². The minimum Gasteiger partial charge on any atom is -0.492 e. The predicted octanol–water partition coefficient (Wildman–Crippen LogP) is 2.20. The molecule has 0 spiro atoms. The number of hydrogen-bond donors (Lipinski definition) is 2. The number of rotatable bonds is 4. The molecule has 0 aliphatic heterocycles. The van der Waals surface area contributed by atoms with Crippen molar-refractivity contribution in [2.24, 2.45) is 0 Å². The van der Waals surface area contributed by atoms with Crippen molar-refractivity contribution in [2.45, 2.75) is 6.92 Å². The molecule has 3 N–H and O–H groups in total. The summed E-state index contributed by atoms with van der Waals surface area (Å²) in [5, 5.41) is 3.12. The Bertz CT molecular complexity index is 501. The maximum Gasteiger partial charge on any atom is 0.151 e. The summed E-state index contributed by atoms with van der Waals surface area (Å²) in [4.78, 5) is 8.08. The highest BCUT2D eigenvalue weighted by Gasteiger charge is 2.03. The second-order valence-electron chi connectivity index (χ2n) is 3.38. The van der Waals surface area contributed by atoms with Gasteiger partial charge in [-0.2, -0.15) is 0 Å². The van der Waals surface area contributed by atoms with Crippen LogP contribution in [0.15, 0.2) is 36.7 Å². The molecule has 0 aliphatic rings. The maximum absolute atomic E-state index is 5.56. The fourth-order valence-corrected chi connectivity index (χ4v) is 1.43. The van der Waals surface area contributed by atoms with Crippen molar-refractivity contribution in [2.75, 3.05) is 17.7 Å². The number of nitrogens with one attached hydrogen (secondary N) is 1. The molecule has 0 saturated heterocycles. The summed E-state index contributed by atoms with van der Waals surface area (Å²) in [7, 11) is 0. The summed E-state index contributed by atoms with van der Waals surface area (Å²) in [6.45, 7) is 2.55. The first-order valence-corrected chi connectivity index (χ1v) is 5.36. The van der Waals surface area contributed by atoms with Gasteiger partial charge in [-0.25, -0.2) is 4.98 Å². The molecule has 88 valence electrons. The monoisotopic (exact) mass is 230 g/mol. The van der Waals surface area contributed by atoms with E-state index in [9.17, 15) is 0 Å². The molecule has 5 nitrogen and oxygen atoms in total. The molecule has 1 heterocycles. The van der Waals surface area contributed by atoms with Crippen LogP contribution in [0.1, 0.15) is 6.92 Å². The lowest BCUT2D eigenvalue weighted by atomic mass is 10.3. The van der Waals surface area contributed by atoms with Gasteiger partial charge in [0.05, 0.1) is 24.7 Å². The van der Waals surface area contributed by atoms with Gasteiger partial charge in [0.2, 0.25) is 0 Å². The number of benzene rings is 1. The van der Waals surface area contributed by atoms with Crippen LogP contribution in [-0.4, -0.2) is 16.6 Å². The first kappa shape index (κ1) is 11.2. The van der Waals surface area contributed by atoms with E-state index >= 15 is 0 Å². The molecule has 0 radical (unpaired) electrons. The molecule has 2 rings (SSSR count). The second kappa shape index (κ2) is 5.16. The van der Waals surface area contributed by atoms with Crippen LogP contribution in [0, 0.1) is 0 Å². The lowest BCUT2D eigenvalue weighted by molar-refractivity contribution is 0.342. The van der Waals surface area contributed by atoms with Gasteiger partial charge in [-0.1, -0.05) is 12.1 Å². The Morgan fingerprint density at radius 1 is 1.29 bits per heavy atom. The van der Waals surface area contributed by atoms with Crippen LogP contribution >= 0.6 is 0 Å². The van der Waals surface area contributed by atoms with E-state index in [0.717, 1.165) is 11.4 Å². The molecule has 0 amide bonds. The Hall–Kier alpha value is -2.30. The van der Waals surface area contributed by atoms with Crippen molar-refractivity contribution in [1.82, 2.24) is 9.97 Å². The van der Waals surface area contributed by atoms with Gasteiger partial charge in [0, 0.05) is 0 Å². The first-order valence-electron chi connectivity index (χ1n) is 5.36. The first-order chi connectivity index (χ1) is 8.29. The van der Waals surface area contributed by atoms with Crippen molar-refractivity contribution in [3.05, 3.63) is 36.7 Å². The molecular weight excluding hydrogens is 216 g/mol. The summed E-state index contributed by atoms with van der Waals surface area (Å²) in [6.07, 6.45) is 3.11. The minimum atomic E-state index is 0.379. The van der Waals surface area contributed by atoms with E-state index in [4.69, 9.17) is 10.5 Å². The van der Waals surface area contributed by atoms with Crippen LogP contribution in [0.25, 0.3) is 0 Å². The highest BCUT2D eigenvalue weighted by Crippen LogP contribution is 2.26. The molecule has 2 aromatic rings. The Kier molecular flexibility index (Phi) is 3.40. The molecular formula is C12H14N4O. The molecule has 1 aromatic carbocycles. The van der Waals surface area contributed by atoms with Crippen LogP contribution in [0.2, 0.25) is 0 Å². The zero-order valence-electron chi connectivity index (χ0n) is 9.55. The smallest absolute Gasteiger partial charge is 0.151 e. The number of para-hydroxylation sites is 2. The zero-order chi connectivity index (χ0) is 12.1. The molecule has 0 bridgehead atoms. The highest BCUT2D eigenvalue weighted by molar-refractivity contribution is 5.64. The van der Waals surface area contributed by atoms with Gasteiger partial charge in [0.25, 0.3) is 0 Å². The fraction of sp³-hybridized carbons (Fsp3) is 0.167. The number of nitrogen functional groups attached to an aromatic ring is 1. The summed E-state index contributed by atoms with van der Waals surface area (Å²) in [5.74, 6) is 1.75. The number of anilines is 3. The fourth-order valence-electron chi connectivity index (χ4n) is 1.43. The lowest BCUT2D eigenvalue weighted by Gasteiger charge is -2.11. The average molecular weight is 230 g/mol. The van der Waals surface area contributed by atoms with E-state index in [0.29, 0.717) is 18.2 Å². The minimum absolute atomic E-state index is 0.379. The van der Waals surface area contributed by atoms with E-state index in [2.05, 4.69) is 15.3 Å². The van der Waals surface area contributed by atoms with Gasteiger partial charge in [-0.3, -0.25) is 4.98 Å². The Morgan fingerprint density at radius 3 is 2.88 bits per heavy atom. The number of hydrogen-bond acceptors (Lipinski definition) is 5. The summed E-state index contributed by atoms with van der Waals surface area (Å²) >= 11 is 0. The summed E-state index contributed by atoms with van der Waals surface area (Å²) in [6, 6.07) is 7.65. The molecule has 0 saturated carbocycles. The van der Waals surface area contributed by atoms with Crippen molar-refractivity contribution in [3.8, 4) is 5.75 Å². The molecule has 1 aromatic heterocycles. The van der Waals surface area contributed by atoms with Gasteiger partial charge < -0.3 is 15.8 Å². The molecule has 5 heteroatoms. The van der Waals surface area contributed by atoms with Gasteiger partial charge in [-0.05, 0) is 19.1 Å². The summed E-state index contributed by atoms with van der Waals surface area (Å²) in [5.41, 5.74) is 6.41. The molecule has 0 aliphatic carbocycles. The zero-order valence-corrected chi connectivity index (χ0v) is 9.55. The number of aromatic nitrogens is 2. The highest BCUT2D eigenvalue weighted by atomic mass is 16.5. The third kappa shape index (κ3) is 2.84. The summed E-state index contributed by atoms with van der Waals surface area (Å²) < 4.78 is 5.50. The van der Waals surface area contributed by atoms with Gasteiger partial charge in [0.15, 0.2) is 5.82 Å². The van der Waals surface area contributed by atoms with Gasteiger partial charge in [0.1, 0.15) is 11.6 Å². The van der Waals surface area contributed by atoms with Crippen LogP contribution in [0.5, 0.6) is 5.75 Å². The van der Waals surface area contributed by atoms with E-state index in [1.807, 2.05) is 31.2 Å². The van der Waals surface area contributed by atoms with Crippen LogP contribution in [0.4, 0.5) is 17.3 Å². The van der Waals surface area contributed by atoms with E-state index in [1.165, 1.54) is 6.20 Å². The quantitative estimate of drug-likeness (QED) is 0.842. The van der Waals surface area contributed by atoms with Gasteiger partial charge >= 0.3 is 0 Å². The second-order valence-corrected chi connectivity index (χ2v) is 3.38. The molecule has 0 unspecified atom stereocenters. The Labute approximate surface area is 99.7 Å². The van der Waals surface area contributed by atoms with Crippen molar-refractivity contribution in [1.29, 1.82) is 0 Å². The molecule has 0 atom stereocenters. The van der Waals surface area contributed by atoms with Gasteiger partial charge in [-0.15, -0.1) is 0 Å². The van der Waals surface area contributed by atoms with E-state index in [1.54, 1.807) is 6.20 Å². The SMILES string of the molecule is CCOc1ccccc1Nc1cncc(N)n1.